The van der Waals surface area contributed by atoms with Crippen molar-refractivity contribution in [1.29, 1.82) is 0 Å². The van der Waals surface area contributed by atoms with E-state index in [1.54, 1.807) is 13.2 Å². The van der Waals surface area contributed by atoms with E-state index in [0.29, 0.717) is 19.6 Å². The van der Waals surface area contributed by atoms with Crippen LogP contribution < -0.4 is 10.1 Å². The Morgan fingerprint density at radius 3 is 2.52 bits per heavy atom. The number of esters is 2. The summed E-state index contributed by atoms with van der Waals surface area (Å²) in [4.78, 5) is 23.8. The third kappa shape index (κ3) is 4.93. The molecule has 0 atom stereocenters. The summed E-state index contributed by atoms with van der Waals surface area (Å²) >= 11 is 0. The smallest absolute Gasteiger partial charge is 0.350 e. The average Bonchev–Trinajstić information content (AvgIpc) is 2.51. The highest BCUT2D eigenvalue weighted by Crippen LogP contribution is 2.29. The molecule has 0 amide bonds. The average molecular weight is 353 g/mol. The van der Waals surface area contributed by atoms with E-state index < -0.39 is 23.5 Å². The lowest BCUT2D eigenvalue weighted by Gasteiger charge is -2.29. The fraction of sp³-hybridized carbons (Fsp3) is 0.412. The Bertz CT molecular complexity index is 664. The van der Waals surface area contributed by atoms with Gasteiger partial charge in [0.1, 0.15) is 17.3 Å². The van der Waals surface area contributed by atoms with Crippen molar-refractivity contribution in [3.05, 3.63) is 35.8 Å². The number of anilines is 1. The molecule has 136 valence electrons. The van der Waals surface area contributed by atoms with Crippen LogP contribution in [-0.4, -0.2) is 38.0 Å². The van der Waals surface area contributed by atoms with Gasteiger partial charge in [0.2, 0.25) is 0 Å². The van der Waals surface area contributed by atoms with Gasteiger partial charge in [-0.3, -0.25) is 0 Å². The van der Waals surface area contributed by atoms with Crippen LogP contribution >= 0.6 is 0 Å². The molecule has 1 fully saturated rings. The largest absolute Gasteiger partial charge is 0.491 e. The van der Waals surface area contributed by atoms with E-state index in [4.69, 9.17) is 18.9 Å². The molecule has 0 aliphatic carbocycles. The van der Waals surface area contributed by atoms with Crippen LogP contribution in [0.1, 0.15) is 20.3 Å². The molecule has 0 bridgehead atoms. The molecule has 2 rings (SSSR count). The van der Waals surface area contributed by atoms with Crippen LogP contribution in [0, 0.1) is 5.82 Å². The summed E-state index contributed by atoms with van der Waals surface area (Å²) in [6.07, 6.45) is 1.67. The molecule has 25 heavy (non-hydrogen) atoms. The van der Waals surface area contributed by atoms with Crippen molar-refractivity contribution in [1.82, 2.24) is 0 Å². The molecule has 1 aliphatic heterocycles. The van der Waals surface area contributed by atoms with E-state index in [-0.39, 0.29) is 17.0 Å². The quantitative estimate of drug-likeness (QED) is 0.349. The zero-order valence-corrected chi connectivity index (χ0v) is 14.3. The number of benzene rings is 1. The number of ether oxygens (including phenoxy) is 4. The van der Waals surface area contributed by atoms with Crippen LogP contribution in [0.3, 0.4) is 0 Å². The summed E-state index contributed by atoms with van der Waals surface area (Å²) in [5, 5.41) is 2.59. The molecule has 0 unspecified atom stereocenters. The first-order chi connectivity index (χ1) is 11.8. The summed E-state index contributed by atoms with van der Waals surface area (Å²) < 4.78 is 34.4. The van der Waals surface area contributed by atoms with Gasteiger partial charge >= 0.3 is 11.9 Å². The van der Waals surface area contributed by atoms with Crippen LogP contribution in [0.4, 0.5) is 10.1 Å². The van der Waals surface area contributed by atoms with E-state index in [1.165, 1.54) is 26.0 Å². The highest BCUT2D eigenvalue weighted by molar-refractivity contribution is 6.15. The number of carbonyl (C=O) groups is 2. The van der Waals surface area contributed by atoms with Gasteiger partial charge in [-0.15, -0.1) is 0 Å². The number of rotatable bonds is 7. The first-order valence-electron chi connectivity index (χ1n) is 7.67. The van der Waals surface area contributed by atoms with Gasteiger partial charge in [-0.1, -0.05) is 6.07 Å². The van der Waals surface area contributed by atoms with Crippen LogP contribution in [0.5, 0.6) is 5.75 Å². The van der Waals surface area contributed by atoms with Crippen molar-refractivity contribution in [2.24, 2.45) is 0 Å². The van der Waals surface area contributed by atoms with Gasteiger partial charge in [0, 0.05) is 40.2 Å². The highest BCUT2D eigenvalue weighted by atomic mass is 19.1. The first kappa shape index (κ1) is 18.7. The second kappa shape index (κ2) is 7.98. The van der Waals surface area contributed by atoms with Gasteiger partial charge in [0.25, 0.3) is 5.79 Å². The van der Waals surface area contributed by atoms with Crippen molar-refractivity contribution in [2.75, 3.05) is 25.6 Å². The Morgan fingerprint density at radius 1 is 1.20 bits per heavy atom. The normalized spacial score (nSPS) is 16.1. The standard InChI is InChI=1S/C17H20FNO6/c1-17(2)24-15(20)11(16(21)25-17)10-19-14-12(18)6-4-7-13(14)23-9-5-8-22-3/h4,6-7,10,19H,5,8-9H2,1-3H3. The maximum Gasteiger partial charge on any atom is 0.350 e. The molecular formula is C17H20FNO6. The Morgan fingerprint density at radius 2 is 1.88 bits per heavy atom. The molecule has 0 saturated carbocycles. The predicted octanol–water partition coefficient (Wildman–Crippen LogP) is 2.37. The van der Waals surface area contributed by atoms with Gasteiger partial charge in [0.05, 0.1) is 6.61 Å². The summed E-state index contributed by atoms with van der Waals surface area (Å²) in [6.45, 7) is 3.71. The van der Waals surface area contributed by atoms with Crippen molar-refractivity contribution in [3.63, 3.8) is 0 Å². The minimum atomic E-state index is -1.33. The first-order valence-corrected chi connectivity index (χ1v) is 7.67. The lowest BCUT2D eigenvalue weighted by molar-refractivity contribution is -0.222. The number of cyclic esters (lactones) is 2. The molecule has 7 nitrogen and oxygen atoms in total. The summed E-state index contributed by atoms with van der Waals surface area (Å²) in [5.74, 6) is -3.40. The Hall–Kier alpha value is -2.61. The molecule has 1 N–H and O–H groups in total. The number of para-hydroxylation sites is 1. The van der Waals surface area contributed by atoms with Crippen LogP contribution in [0.15, 0.2) is 30.0 Å². The van der Waals surface area contributed by atoms with Gasteiger partial charge in [-0.2, -0.15) is 0 Å². The molecule has 1 aromatic rings. The molecule has 1 heterocycles. The van der Waals surface area contributed by atoms with Crippen LogP contribution in [-0.2, 0) is 23.8 Å². The number of halogens is 1. The zero-order valence-electron chi connectivity index (χ0n) is 14.3. The Kier molecular flexibility index (Phi) is 5.97. The Balaban J connectivity index is 2.14. The number of hydrogen-bond acceptors (Lipinski definition) is 7. The predicted molar refractivity (Wildman–Crippen MR) is 86.4 cm³/mol. The van der Waals surface area contributed by atoms with Crippen molar-refractivity contribution in [3.8, 4) is 5.75 Å². The van der Waals surface area contributed by atoms with Crippen LogP contribution in [0.25, 0.3) is 0 Å². The van der Waals surface area contributed by atoms with E-state index in [2.05, 4.69) is 5.32 Å². The second-order valence-electron chi connectivity index (χ2n) is 5.69. The van der Waals surface area contributed by atoms with Crippen molar-refractivity contribution in [2.45, 2.75) is 26.1 Å². The van der Waals surface area contributed by atoms with Crippen LogP contribution in [0.2, 0.25) is 0 Å². The molecule has 8 heteroatoms. The topological polar surface area (TPSA) is 83.1 Å². The summed E-state index contributed by atoms with van der Waals surface area (Å²) in [6, 6.07) is 4.28. The van der Waals surface area contributed by atoms with Crippen molar-refractivity contribution < 1.29 is 32.9 Å². The minimum absolute atomic E-state index is 0.00199. The van der Waals surface area contributed by atoms with Gasteiger partial charge in [0.15, 0.2) is 5.57 Å². The summed E-state index contributed by atoms with van der Waals surface area (Å²) in [7, 11) is 1.57. The van der Waals surface area contributed by atoms with Crippen molar-refractivity contribution >= 4 is 17.6 Å². The molecule has 0 radical (unpaired) electrons. The van der Waals surface area contributed by atoms with E-state index in [1.807, 2.05) is 0 Å². The molecule has 0 spiro atoms. The van der Waals surface area contributed by atoms with Gasteiger partial charge < -0.3 is 24.3 Å². The number of nitrogens with one attached hydrogen (secondary N) is 1. The maximum absolute atomic E-state index is 14.1. The third-order valence-electron chi connectivity index (χ3n) is 3.20. The molecule has 1 aliphatic rings. The summed E-state index contributed by atoms with van der Waals surface area (Å²) in [5.41, 5.74) is -0.370. The van der Waals surface area contributed by atoms with E-state index >= 15 is 0 Å². The second-order valence-corrected chi connectivity index (χ2v) is 5.69. The molecule has 1 aromatic carbocycles. The highest BCUT2D eigenvalue weighted by Gasteiger charge is 2.39. The maximum atomic E-state index is 14.1. The fourth-order valence-corrected chi connectivity index (χ4v) is 2.07. The minimum Gasteiger partial charge on any atom is -0.491 e. The SMILES string of the molecule is COCCCOc1cccc(F)c1NC=C1C(=O)OC(C)(C)OC1=O. The number of methoxy groups -OCH3 is 1. The number of carbonyl (C=O) groups excluding carboxylic acids is 2. The molecule has 0 aromatic heterocycles. The number of hydrogen-bond donors (Lipinski definition) is 1. The van der Waals surface area contributed by atoms with E-state index in [9.17, 15) is 14.0 Å². The van der Waals surface area contributed by atoms with Gasteiger partial charge in [-0.05, 0) is 12.1 Å². The zero-order chi connectivity index (χ0) is 18.4. The Labute approximate surface area is 144 Å². The molecule has 1 saturated heterocycles. The fourth-order valence-electron chi connectivity index (χ4n) is 2.07. The van der Waals surface area contributed by atoms with E-state index in [0.717, 1.165) is 6.20 Å². The lowest BCUT2D eigenvalue weighted by Crippen LogP contribution is -2.42. The molecular weight excluding hydrogens is 333 g/mol. The monoisotopic (exact) mass is 353 g/mol. The third-order valence-corrected chi connectivity index (χ3v) is 3.20. The van der Waals surface area contributed by atoms with Gasteiger partial charge in [-0.25, -0.2) is 14.0 Å². The lowest BCUT2D eigenvalue weighted by atomic mass is 10.2.